The summed E-state index contributed by atoms with van der Waals surface area (Å²) in [5.41, 5.74) is 0.845. The summed E-state index contributed by atoms with van der Waals surface area (Å²) < 4.78 is 52.3. The van der Waals surface area contributed by atoms with E-state index in [4.69, 9.17) is 9.47 Å². The molecule has 0 spiro atoms. The number of ether oxygens (including phenoxy) is 2. The molecule has 0 fully saturated rings. The Morgan fingerprint density at radius 3 is 2.09 bits per heavy atom. The fourth-order valence-electron chi connectivity index (χ4n) is 4.59. The first-order valence-corrected chi connectivity index (χ1v) is 13.1. The Bertz CT molecular complexity index is 1700. The van der Waals surface area contributed by atoms with E-state index in [0.29, 0.717) is 23.3 Å². The van der Waals surface area contributed by atoms with Crippen molar-refractivity contribution in [2.45, 2.75) is 32.5 Å². The van der Waals surface area contributed by atoms with Gasteiger partial charge in [-0.15, -0.1) is 0 Å². The SMILES string of the molecule is COC(=O)c1c(OC)c(=O)c(C(=O)NCc2c(F)cc(F)cc2F)cn1N[C@H](C)/C=C\[C@H](C)N1C(=O)c2ccccc2C1=O. The maximum Gasteiger partial charge on any atom is 0.360 e. The summed E-state index contributed by atoms with van der Waals surface area (Å²) in [6, 6.07) is 6.02. The molecule has 0 unspecified atom stereocenters. The van der Waals surface area contributed by atoms with Crippen LogP contribution in [0.2, 0.25) is 0 Å². The number of fused-ring (bicyclic) bond motifs is 1. The van der Waals surface area contributed by atoms with E-state index >= 15 is 0 Å². The van der Waals surface area contributed by atoms with Crippen molar-refractivity contribution in [1.29, 1.82) is 0 Å². The maximum atomic E-state index is 14.1. The lowest BCUT2D eigenvalue weighted by Crippen LogP contribution is -2.37. The summed E-state index contributed by atoms with van der Waals surface area (Å²) in [5.74, 6) is -7.15. The van der Waals surface area contributed by atoms with Gasteiger partial charge in [-0.1, -0.05) is 24.3 Å². The molecule has 2 heterocycles. The summed E-state index contributed by atoms with van der Waals surface area (Å²) in [4.78, 5) is 65.4. The highest BCUT2D eigenvalue weighted by molar-refractivity contribution is 6.21. The largest absolute Gasteiger partial charge is 0.490 e. The molecule has 2 aromatic carbocycles. The van der Waals surface area contributed by atoms with Crippen LogP contribution in [0.5, 0.6) is 5.75 Å². The summed E-state index contributed by atoms with van der Waals surface area (Å²) in [6.45, 7) is 2.55. The van der Waals surface area contributed by atoms with Crippen LogP contribution in [0.15, 0.2) is 59.5 Å². The Morgan fingerprint density at radius 1 is 0.955 bits per heavy atom. The lowest BCUT2D eigenvalue weighted by Gasteiger charge is -2.22. The number of carbonyl (C=O) groups excluding carboxylic acids is 4. The molecule has 2 N–H and O–H groups in total. The molecule has 11 nitrogen and oxygen atoms in total. The third-order valence-corrected chi connectivity index (χ3v) is 6.78. The third kappa shape index (κ3) is 6.04. The van der Waals surface area contributed by atoms with E-state index in [-0.39, 0.29) is 0 Å². The molecule has 0 aliphatic carbocycles. The molecule has 2 atom stereocenters. The second-order valence-electron chi connectivity index (χ2n) is 9.72. The first-order valence-electron chi connectivity index (χ1n) is 13.1. The number of nitrogens with zero attached hydrogens (tertiary/aromatic N) is 2. The van der Waals surface area contributed by atoms with Gasteiger partial charge in [-0.3, -0.25) is 28.8 Å². The van der Waals surface area contributed by atoms with Crippen LogP contribution in [0.25, 0.3) is 0 Å². The van der Waals surface area contributed by atoms with Gasteiger partial charge in [0, 0.05) is 30.4 Å². The number of benzene rings is 2. The molecule has 0 bridgehead atoms. The van der Waals surface area contributed by atoms with Crippen LogP contribution >= 0.6 is 0 Å². The highest BCUT2D eigenvalue weighted by atomic mass is 19.1. The van der Waals surface area contributed by atoms with Crippen LogP contribution in [-0.4, -0.2) is 59.6 Å². The standard InChI is InChI=1S/C30H27F3N4O7/c1-15(9-10-16(2)37-28(40)18-7-5-6-8-19(18)29(37)41)35-36-14-21(25(38)26(43-3)24(36)30(42)44-4)27(39)34-13-20-22(32)11-17(31)12-23(20)33/h5-12,14-16,35H,13H2,1-4H3,(H,34,39)/b10-9-/t15-,16+/m1/s1. The van der Waals surface area contributed by atoms with Crippen molar-refractivity contribution >= 4 is 23.7 Å². The zero-order valence-electron chi connectivity index (χ0n) is 23.9. The van der Waals surface area contributed by atoms with E-state index in [1.165, 1.54) is 0 Å². The Kier molecular flexibility index (Phi) is 9.21. The molecule has 0 radical (unpaired) electrons. The molecule has 4 rings (SSSR count). The van der Waals surface area contributed by atoms with Gasteiger partial charge in [-0.25, -0.2) is 18.0 Å². The molecule has 1 aliphatic heterocycles. The molecule has 3 aromatic rings. The maximum absolute atomic E-state index is 14.1. The van der Waals surface area contributed by atoms with E-state index in [1.807, 2.05) is 0 Å². The minimum absolute atomic E-state index is 0.294. The number of carbonyl (C=O) groups is 4. The number of methoxy groups -OCH3 is 2. The molecule has 1 aromatic heterocycles. The molecule has 14 heteroatoms. The van der Waals surface area contributed by atoms with Crippen molar-refractivity contribution in [2.24, 2.45) is 0 Å². The Balaban J connectivity index is 1.60. The van der Waals surface area contributed by atoms with Crippen LogP contribution in [0.3, 0.4) is 0 Å². The quantitative estimate of drug-likeness (QED) is 0.203. The number of hydrogen-bond acceptors (Lipinski definition) is 8. The van der Waals surface area contributed by atoms with E-state index in [0.717, 1.165) is 30.0 Å². The number of amides is 3. The molecular formula is C30H27F3N4O7. The minimum atomic E-state index is -1.24. The van der Waals surface area contributed by atoms with E-state index < -0.39 is 87.8 Å². The molecule has 230 valence electrons. The topological polar surface area (TPSA) is 136 Å². The number of hydrogen-bond donors (Lipinski definition) is 2. The Hall–Kier alpha value is -5.40. The number of aromatic nitrogens is 1. The third-order valence-electron chi connectivity index (χ3n) is 6.78. The molecule has 0 saturated heterocycles. The van der Waals surface area contributed by atoms with Crippen LogP contribution in [0.1, 0.15) is 61.0 Å². The zero-order chi connectivity index (χ0) is 32.3. The lowest BCUT2D eigenvalue weighted by molar-refractivity contribution is 0.0580. The average Bonchev–Trinajstić information content (AvgIpc) is 3.24. The number of esters is 1. The number of imide groups is 1. The highest BCUT2D eigenvalue weighted by Gasteiger charge is 2.37. The summed E-state index contributed by atoms with van der Waals surface area (Å²) in [7, 11) is 2.15. The number of rotatable bonds is 10. The van der Waals surface area contributed by atoms with Crippen LogP contribution < -0.4 is 20.9 Å². The molecule has 1 aliphatic rings. The molecule has 3 amide bonds. The van der Waals surface area contributed by atoms with Crippen molar-refractivity contribution < 1.29 is 41.8 Å². The molecular weight excluding hydrogens is 585 g/mol. The first kappa shape index (κ1) is 31.5. The highest BCUT2D eigenvalue weighted by Crippen LogP contribution is 2.25. The predicted octanol–water partition coefficient (Wildman–Crippen LogP) is 3.16. The van der Waals surface area contributed by atoms with Crippen molar-refractivity contribution in [2.75, 3.05) is 19.6 Å². The van der Waals surface area contributed by atoms with Crippen molar-refractivity contribution in [1.82, 2.24) is 14.9 Å². The second-order valence-corrected chi connectivity index (χ2v) is 9.72. The normalized spacial score (nSPS) is 13.9. The Labute approximate surface area is 248 Å². The van der Waals surface area contributed by atoms with Gasteiger partial charge in [0.05, 0.1) is 37.4 Å². The number of nitrogens with one attached hydrogen (secondary N) is 2. The van der Waals surface area contributed by atoms with E-state index in [9.17, 15) is 37.1 Å². The predicted molar refractivity (Wildman–Crippen MR) is 150 cm³/mol. The minimum Gasteiger partial charge on any atom is -0.490 e. The van der Waals surface area contributed by atoms with Gasteiger partial charge in [0.1, 0.15) is 23.0 Å². The van der Waals surface area contributed by atoms with Crippen LogP contribution in [0, 0.1) is 17.5 Å². The fraction of sp³-hybridized carbons (Fsp3) is 0.233. The van der Waals surface area contributed by atoms with Gasteiger partial charge in [0.15, 0.2) is 11.4 Å². The van der Waals surface area contributed by atoms with Crippen molar-refractivity contribution in [3.05, 3.63) is 110 Å². The summed E-state index contributed by atoms with van der Waals surface area (Å²) >= 11 is 0. The number of pyridine rings is 1. The fourth-order valence-corrected chi connectivity index (χ4v) is 4.59. The van der Waals surface area contributed by atoms with Crippen LogP contribution in [0.4, 0.5) is 13.2 Å². The molecule has 44 heavy (non-hydrogen) atoms. The average molecular weight is 613 g/mol. The monoisotopic (exact) mass is 612 g/mol. The van der Waals surface area contributed by atoms with Crippen molar-refractivity contribution in [3.63, 3.8) is 0 Å². The van der Waals surface area contributed by atoms with Gasteiger partial charge in [0.25, 0.3) is 17.7 Å². The smallest absolute Gasteiger partial charge is 0.360 e. The lowest BCUT2D eigenvalue weighted by atomic mass is 10.1. The molecule has 0 saturated carbocycles. The zero-order valence-corrected chi connectivity index (χ0v) is 23.9. The van der Waals surface area contributed by atoms with Gasteiger partial charge >= 0.3 is 5.97 Å². The van der Waals surface area contributed by atoms with Crippen LogP contribution in [-0.2, 0) is 11.3 Å². The van der Waals surface area contributed by atoms with Gasteiger partial charge in [-0.2, -0.15) is 0 Å². The van der Waals surface area contributed by atoms with Gasteiger partial charge in [-0.05, 0) is 26.0 Å². The second kappa shape index (κ2) is 12.9. The van der Waals surface area contributed by atoms with Crippen molar-refractivity contribution in [3.8, 4) is 5.75 Å². The first-order chi connectivity index (χ1) is 20.9. The van der Waals surface area contributed by atoms with Gasteiger partial charge < -0.3 is 20.2 Å². The van der Waals surface area contributed by atoms with Gasteiger partial charge in [0.2, 0.25) is 5.43 Å². The number of halogens is 3. The summed E-state index contributed by atoms with van der Waals surface area (Å²) in [6.07, 6.45) is 4.14. The van der Waals surface area contributed by atoms with E-state index in [2.05, 4.69) is 10.7 Å². The summed E-state index contributed by atoms with van der Waals surface area (Å²) in [5, 5.41) is 2.20. The van der Waals surface area contributed by atoms with E-state index in [1.54, 1.807) is 50.3 Å². The Morgan fingerprint density at radius 2 is 1.55 bits per heavy atom.